The minimum atomic E-state index is -0.132. The Hall–Kier alpha value is -2.01. The molecule has 0 unspecified atom stereocenters. The molecule has 0 radical (unpaired) electrons. The summed E-state index contributed by atoms with van der Waals surface area (Å²) in [5, 5.41) is 9.43. The van der Waals surface area contributed by atoms with Gasteiger partial charge in [0, 0.05) is 19.3 Å². The number of hydrogen-bond donors (Lipinski definition) is 2. The molecule has 0 saturated carbocycles. The number of benzene rings is 2. The fourth-order valence-corrected chi connectivity index (χ4v) is 2.36. The van der Waals surface area contributed by atoms with E-state index in [4.69, 9.17) is 5.73 Å². The number of nitrogens with two attached hydrogens (primary N) is 1. The molecule has 0 aliphatic rings. The molecule has 2 aromatic rings. The molecule has 0 fully saturated rings. The maximum absolute atomic E-state index is 12.4. The maximum Gasteiger partial charge on any atom is 0.255 e. The molecule has 104 valence electrons. The smallest absolute Gasteiger partial charge is 0.255 e. The van der Waals surface area contributed by atoms with Crippen molar-refractivity contribution in [1.29, 1.82) is 0 Å². The van der Waals surface area contributed by atoms with Crippen LogP contribution in [-0.4, -0.2) is 23.0 Å². The number of aromatic hydroxyl groups is 1. The van der Waals surface area contributed by atoms with Gasteiger partial charge in [-0.05, 0) is 45.8 Å². The van der Waals surface area contributed by atoms with Crippen molar-refractivity contribution in [3.05, 3.63) is 58.1 Å². The van der Waals surface area contributed by atoms with E-state index in [2.05, 4.69) is 15.9 Å². The van der Waals surface area contributed by atoms with Crippen molar-refractivity contribution in [1.82, 2.24) is 4.90 Å². The Balaban J connectivity index is 2.19. The highest BCUT2D eigenvalue weighted by Crippen LogP contribution is 2.25. The number of nitrogens with zero attached hydrogens (tertiary/aromatic N) is 1. The Morgan fingerprint density at radius 1 is 1.30 bits per heavy atom. The minimum absolute atomic E-state index is 0.132. The first kappa shape index (κ1) is 14.4. The van der Waals surface area contributed by atoms with E-state index in [0.717, 1.165) is 5.56 Å². The molecule has 4 nitrogen and oxygen atoms in total. The van der Waals surface area contributed by atoms with Crippen molar-refractivity contribution in [2.75, 3.05) is 12.8 Å². The predicted octanol–water partition coefficient (Wildman–Crippen LogP) is 3.01. The van der Waals surface area contributed by atoms with Crippen LogP contribution in [0.1, 0.15) is 15.9 Å². The molecule has 1 amide bonds. The van der Waals surface area contributed by atoms with Gasteiger partial charge in [-0.25, -0.2) is 0 Å². The van der Waals surface area contributed by atoms with E-state index in [0.29, 0.717) is 22.3 Å². The summed E-state index contributed by atoms with van der Waals surface area (Å²) in [5.74, 6) is 0.0565. The quantitative estimate of drug-likeness (QED) is 0.848. The van der Waals surface area contributed by atoms with Crippen molar-refractivity contribution in [2.45, 2.75) is 6.54 Å². The highest BCUT2D eigenvalue weighted by atomic mass is 79.9. The monoisotopic (exact) mass is 334 g/mol. The number of phenolic OH excluding ortho intramolecular Hbond substituents is 1. The van der Waals surface area contributed by atoms with Gasteiger partial charge in [-0.1, -0.05) is 18.2 Å². The maximum atomic E-state index is 12.4. The predicted molar refractivity (Wildman–Crippen MR) is 82.5 cm³/mol. The van der Waals surface area contributed by atoms with E-state index < -0.39 is 0 Å². The SMILES string of the molecule is CN(Cc1cccc(O)c1)C(=O)c1cccc(N)c1Br. The van der Waals surface area contributed by atoms with Gasteiger partial charge in [0.15, 0.2) is 0 Å². The van der Waals surface area contributed by atoms with E-state index >= 15 is 0 Å². The molecule has 0 aliphatic heterocycles. The number of halogens is 1. The van der Waals surface area contributed by atoms with Crippen LogP contribution in [0.2, 0.25) is 0 Å². The lowest BCUT2D eigenvalue weighted by Gasteiger charge is -2.18. The molecular weight excluding hydrogens is 320 g/mol. The van der Waals surface area contributed by atoms with E-state index in [1.807, 2.05) is 6.07 Å². The normalized spacial score (nSPS) is 10.3. The molecule has 2 rings (SSSR count). The fraction of sp³-hybridized carbons (Fsp3) is 0.133. The molecule has 0 heterocycles. The molecule has 5 heteroatoms. The summed E-state index contributed by atoms with van der Waals surface area (Å²) in [5.41, 5.74) is 7.69. The largest absolute Gasteiger partial charge is 0.508 e. The summed E-state index contributed by atoms with van der Waals surface area (Å²) in [6.07, 6.45) is 0. The van der Waals surface area contributed by atoms with Crippen LogP contribution in [-0.2, 0) is 6.54 Å². The molecule has 0 spiro atoms. The lowest BCUT2D eigenvalue weighted by Crippen LogP contribution is -2.26. The van der Waals surface area contributed by atoms with Gasteiger partial charge < -0.3 is 15.7 Å². The molecule has 2 aromatic carbocycles. The van der Waals surface area contributed by atoms with Crippen molar-refractivity contribution >= 4 is 27.5 Å². The molecule has 3 N–H and O–H groups in total. The van der Waals surface area contributed by atoms with Gasteiger partial charge >= 0.3 is 0 Å². The van der Waals surface area contributed by atoms with Crippen molar-refractivity contribution in [3.8, 4) is 5.75 Å². The third-order valence-electron chi connectivity index (χ3n) is 2.94. The highest BCUT2D eigenvalue weighted by Gasteiger charge is 2.16. The molecule has 0 atom stereocenters. The number of anilines is 1. The number of amides is 1. The molecule has 20 heavy (non-hydrogen) atoms. The Bertz CT molecular complexity index is 644. The van der Waals surface area contributed by atoms with Crippen LogP contribution >= 0.6 is 15.9 Å². The third-order valence-corrected chi connectivity index (χ3v) is 3.82. The zero-order valence-corrected chi connectivity index (χ0v) is 12.6. The zero-order valence-electron chi connectivity index (χ0n) is 11.0. The lowest BCUT2D eigenvalue weighted by atomic mass is 10.1. The van der Waals surface area contributed by atoms with E-state index in [9.17, 15) is 9.90 Å². The van der Waals surface area contributed by atoms with Gasteiger partial charge in [0.2, 0.25) is 0 Å². The second-order valence-corrected chi connectivity index (χ2v) is 5.33. The number of hydrogen-bond acceptors (Lipinski definition) is 3. The van der Waals surface area contributed by atoms with E-state index in [1.54, 1.807) is 48.3 Å². The second-order valence-electron chi connectivity index (χ2n) is 4.54. The zero-order chi connectivity index (χ0) is 14.7. The highest BCUT2D eigenvalue weighted by molar-refractivity contribution is 9.10. The van der Waals surface area contributed by atoms with Crippen LogP contribution in [0, 0.1) is 0 Å². The van der Waals surface area contributed by atoms with Gasteiger partial charge in [-0.15, -0.1) is 0 Å². The average Bonchev–Trinajstić information content (AvgIpc) is 2.41. The van der Waals surface area contributed by atoms with Crippen LogP contribution in [0.3, 0.4) is 0 Å². The van der Waals surface area contributed by atoms with E-state index in [-0.39, 0.29) is 11.7 Å². The van der Waals surface area contributed by atoms with Crippen LogP contribution in [0.5, 0.6) is 5.75 Å². The number of carbonyl (C=O) groups excluding carboxylic acids is 1. The summed E-state index contributed by atoms with van der Waals surface area (Å²) in [7, 11) is 1.71. The van der Waals surface area contributed by atoms with Gasteiger partial charge in [0.05, 0.1) is 10.0 Å². The molecule has 0 saturated heterocycles. The topological polar surface area (TPSA) is 66.6 Å². The first-order valence-electron chi connectivity index (χ1n) is 6.06. The average molecular weight is 335 g/mol. The molecule has 0 aromatic heterocycles. The summed E-state index contributed by atoms with van der Waals surface area (Å²) < 4.78 is 0.604. The Morgan fingerprint density at radius 3 is 2.70 bits per heavy atom. The first-order chi connectivity index (χ1) is 9.49. The fourth-order valence-electron chi connectivity index (χ4n) is 1.92. The third kappa shape index (κ3) is 3.11. The van der Waals surface area contributed by atoms with Gasteiger partial charge in [0.1, 0.15) is 5.75 Å². The lowest BCUT2D eigenvalue weighted by molar-refractivity contribution is 0.0784. The summed E-state index contributed by atoms with van der Waals surface area (Å²) >= 11 is 3.33. The van der Waals surface area contributed by atoms with Gasteiger partial charge in [0.25, 0.3) is 5.91 Å². The molecule has 0 bridgehead atoms. The molecule has 0 aliphatic carbocycles. The van der Waals surface area contributed by atoms with E-state index in [1.165, 1.54) is 0 Å². The van der Waals surface area contributed by atoms with Crippen LogP contribution < -0.4 is 5.73 Å². The Labute approximate surface area is 126 Å². The Morgan fingerprint density at radius 2 is 2.00 bits per heavy atom. The van der Waals surface area contributed by atoms with Crippen molar-refractivity contribution in [2.24, 2.45) is 0 Å². The number of nitrogen functional groups attached to an aromatic ring is 1. The minimum Gasteiger partial charge on any atom is -0.508 e. The van der Waals surface area contributed by atoms with Gasteiger partial charge in [-0.3, -0.25) is 4.79 Å². The van der Waals surface area contributed by atoms with Crippen LogP contribution in [0.4, 0.5) is 5.69 Å². The number of carbonyl (C=O) groups is 1. The molecular formula is C15H15BrN2O2. The van der Waals surface area contributed by atoms with Crippen molar-refractivity contribution < 1.29 is 9.90 Å². The first-order valence-corrected chi connectivity index (χ1v) is 6.85. The van der Waals surface area contributed by atoms with Gasteiger partial charge in [-0.2, -0.15) is 0 Å². The summed E-state index contributed by atoms with van der Waals surface area (Å²) in [6.45, 7) is 0.411. The number of phenols is 1. The summed E-state index contributed by atoms with van der Waals surface area (Å²) in [4.78, 5) is 14.0. The summed E-state index contributed by atoms with van der Waals surface area (Å²) in [6, 6.07) is 12.0. The number of rotatable bonds is 3. The van der Waals surface area contributed by atoms with Crippen molar-refractivity contribution in [3.63, 3.8) is 0 Å². The van der Waals surface area contributed by atoms with Crippen LogP contribution in [0.25, 0.3) is 0 Å². The Kier molecular flexibility index (Phi) is 4.29. The standard InChI is InChI=1S/C15H15BrN2O2/c1-18(9-10-4-2-5-11(19)8-10)15(20)12-6-3-7-13(17)14(12)16/h2-8,19H,9,17H2,1H3. The second kappa shape index (κ2) is 5.96. The van der Waals surface area contributed by atoms with Crippen LogP contribution in [0.15, 0.2) is 46.9 Å².